The Hall–Kier alpha value is -0.200. The summed E-state index contributed by atoms with van der Waals surface area (Å²) in [4.78, 5) is 0. The van der Waals surface area contributed by atoms with Gasteiger partial charge < -0.3 is 25.2 Å². The maximum atomic E-state index is 9.96. The van der Waals surface area contributed by atoms with Gasteiger partial charge in [0, 0.05) is 18.3 Å². The lowest BCUT2D eigenvalue weighted by Gasteiger charge is -2.41. The molecule has 0 amide bonds. The molecule has 4 N–H and O–H groups in total. The SMILES string of the molecule is CCC1(C)CC2(CC(O)C(O)C(O)C2)OC1O. The third-order valence-corrected chi connectivity index (χ3v) is 4.44. The first-order valence-electron chi connectivity index (χ1n) is 6.22. The summed E-state index contributed by atoms with van der Waals surface area (Å²) in [5, 5.41) is 38.9. The van der Waals surface area contributed by atoms with E-state index in [0.29, 0.717) is 6.42 Å². The Labute approximate surface area is 101 Å². The molecule has 0 radical (unpaired) electrons. The fourth-order valence-electron chi connectivity index (χ4n) is 3.13. The second kappa shape index (κ2) is 4.17. The molecule has 2 fully saturated rings. The fraction of sp³-hybridized carbons (Fsp3) is 1.00. The van der Waals surface area contributed by atoms with E-state index in [0.717, 1.165) is 6.42 Å². The minimum atomic E-state index is -1.12. The molecule has 17 heavy (non-hydrogen) atoms. The highest BCUT2D eigenvalue weighted by Gasteiger charge is 2.56. The lowest BCUT2D eigenvalue weighted by Crippen LogP contribution is -2.52. The van der Waals surface area contributed by atoms with Crippen LogP contribution in [0.15, 0.2) is 0 Å². The van der Waals surface area contributed by atoms with E-state index in [1.165, 1.54) is 0 Å². The third kappa shape index (κ3) is 2.11. The van der Waals surface area contributed by atoms with Crippen molar-refractivity contribution in [2.45, 2.75) is 69.7 Å². The molecule has 1 aliphatic carbocycles. The van der Waals surface area contributed by atoms with Crippen LogP contribution in [0.4, 0.5) is 0 Å². The molecule has 2 aliphatic rings. The quantitative estimate of drug-likeness (QED) is 0.512. The highest BCUT2D eigenvalue weighted by Crippen LogP contribution is 2.51. The van der Waals surface area contributed by atoms with Gasteiger partial charge in [-0.3, -0.25) is 0 Å². The van der Waals surface area contributed by atoms with Crippen LogP contribution in [0.2, 0.25) is 0 Å². The highest BCUT2D eigenvalue weighted by molar-refractivity contribution is 5.04. The van der Waals surface area contributed by atoms with Crippen LogP contribution in [0.5, 0.6) is 0 Å². The minimum Gasteiger partial charge on any atom is -0.390 e. The highest BCUT2D eigenvalue weighted by atomic mass is 16.6. The van der Waals surface area contributed by atoms with Crippen LogP contribution in [-0.4, -0.2) is 50.6 Å². The molecule has 0 aromatic rings. The van der Waals surface area contributed by atoms with Crippen LogP contribution in [0.3, 0.4) is 0 Å². The summed E-state index contributed by atoms with van der Waals surface area (Å²) >= 11 is 0. The first-order chi connectivity index (χ1) is 7.82. The summed E-state index contributed by atoms with van der Waals surface area (Å²) in [7, 11) is 0. The van der Waals surface area contributed by atoms with Crippen molar-refractivity contribution >= 4 is 0 Å². The zero-order valence-corrected chi connectivity index (χ0v) is 10.3. The van der Waals surface area contributed by atoms with Crippen molar-refractivity contribution in [1.29, 1.82) is 0 Å². The van der Waals surface area contributed by atoms with Gasteiger partial charge in [-0.2, -0.15) is 0 Å². The molecule has 4 unspecified atom stereocenters. The molecule has 1 saturated heterocycles. The van der Waals surface area contributed by atoms with Gasteiger partial charge >= 0.3 is 0 Å². The molecule has 4 atom stereocenters. The first kappa shape index (κ1) is 13.2. The maximum absolute atomic E-state index is 9.96. The van der Waals surface area contributed by atoms with Crippen LogP contribution < -0.4 is 0 Å². The van der Waals surface area contributed by atoms with Crippen molar-refractivity contribution in [3.05, 3.63) is 0 Å². The molecule has 1 saturated carbocycles. The third-order valence-electron chi connectivity index (χ3n) is 4.44. The molecular formula is C12H22O5. The van der Waals surface area contributed by atoms with E-state index in [9.17, 15) is 20.4 Å². The molecule has 1 heterocycles. The van der Waals surface area contributed by atoms with Crippen LogP contribution in [0.25, 0.3) is 0 Å². The summed E-state index contributed by atoms with van der Waals surface area (Å²) in [6.07, 6.45) is -2.09. The van der Waals surface area contributed by atoms with Gasteiger partial charge in [-0.1, -0.05) is 13.8 Å². The number of aliphatic hydroxyl groups is 4. The van der Waals surface area contributed by atoms with Gasteiger partial charge in [-0.25, -0.2) is 0 Å². The molecule has 1 spiro atoms. The Bertz CT molecular complexity index is 277. The molecule has 5 nitrogen and oxygen atoms in total. The van der Waals surface area contributed by atoms with Crippen molar-refractivity contribution in [3.8, 4) is 0 Å². The van der Waals surface area contributed by atoms with E-state index in [1.54, 1.807) is 0 Å². The van der Waals surface area contributed by atoms with Gasteiger partial charge in [0.25, 0.3) is 0 Å². The number of hydrogen-bond donors (Lipinski definition) is 4. The summed E-state index contributed by atoms with van der Waals surface area (Å²) in [6, 6.07) is 0. The molecule has 2 rings (SSSR count). The second-order valence-corrected chi connectivity index (χ2v) is 5.87. The second-order valence-electron chi connectivity index (χ2n) is 5.87. The summed E-state index contributed by atoms with van der Waals surface area (Å²) in [5.41, 5.74) is -1.05. The van der Waals surface area contributed by atoms with Crippen LogP contribution >= 0.6 is 0 Å². The van der Waals surface area contributed by atoms with Crippen LogP contribution in [0.1, 0.15) is 39.5 Å². The van der Waals surface area contributed by atoms with Crippen LogP contribution in [-0.2, 0) is 4.74 Å². The topological polar surface area (TPSA) is 90.2 Å². The van der Waals surface area contributed by atoms with Gasteiger partial charge in [-0.05, 0) is 12.8 Å². The maximum Gasteiger partial charge on any atom is 0.160 e. The summed E-state index contributed by atoms with van der Waals surface area (Å²) in [6.45, 7) is 3.92. The van der Waals surface area contributed by atoms with Gasteiger partial charge in [0.15, 0.2) is 6.29 Å². The average Bonchev–Trinajstić information content (AvgIpc) is 2.48. The van der Waals surface area contributed by atoms with E-state index < -0.39 is 30.2 Å². The Balaban J connectivity index is 2.17. The molecule has 0 aromatic carbocycles. The minimum absolute atomic E-state index is 0.262. The molecule has 5 heteroatoms. The normalized spacial score (nSPS) is 55.4. The van der Waals surface area contributed by atoms with Crippen molar-refractivity contribution in [2.75, 3.05) is 0 Å². The Morgan fingerprint density at radius 1 is 1.12 bits per heavy atom. The van der Waals surface area contributed by atoms with Crippen molar-refractivity contribution in [3.63, 3.8) is 0 Å². The van der Waals surface area contributed by atoms with Crippen molar-refractivity contribution in [2.24, 2.45) is 5.41 Å². The Morgan fingerprint density at radius 2 is 1.65 bits per heavy atom. The zero-order chi connectivity index (χ0) is 12.8. The lowest BCUT2D eigenvalue weighted by atomic mass is 9.71. The smallest absolute Gasteiger partial charge is 0.160 e. The molecular weight excluding hydrogens is 224 g/mol. The standard InChI is InChI=1S/C12H22O5/c1-3-11(2)6-12(17-10(11)16)4-7(13)9(15)8(14)5-12/h7-10,13-16H,3-6H2,1-2H3. The number of aliphatic hydroxyl groups excluding tert-OH is 4. The predicted octanol–water partition coefficient (Wildman–Crippen LogP) is -0.243. The average molecular weight is 246 g/mol. The number of rotatable bonds is 1. The Morgan fingerprint density at radius 3 is 2.06 bits per heavy atom. The number of ether oxygens (including phenoxy) is 1. The van der Waals surface area contributed by atoms with Crippen LogP contribution in [0, 0.1) is 5.41 Å². The summed E-state index contributed by atoms with van der Waals surface area (Å²) < 4.78 is 5.61. The first-order valence-corrected chi connectivity index (χ1v) is 6.22. The van der Waals surface area contributed by atoms with Gasteiger partial charge in [0.05, 0.1) is 17.8 Å². The monoisotopic (exact) mass is 246 g/mol. The van der Waals surface area contributed by atoms with Gasteiger partial charge in [0.1, 0.15) is 6.10 Å². The fourth-order valence-corrected chi connectivity index (χ4v) is 3.13. The largest absolute Gasteiger partial charge is 0.390 e. The van der Waals surface area contributed by atoms with E-state index >= 15 is 0 Å². The molecule has 0 aromatic heterocycles. The van der Waals surface area contributed by atoms with E-state index in [4.69, 9.17) is 4.74 Å². The lowest BCUT2D eigenvalue weighted by molar-refractivity contribution is -0.210. The predicted molar refractivity (Wildman–Crippen MR) is 60.1 cm³/mol. The Kier molecular flexibility index (Phi) is 3.25. The summed E-state index contributed by atoms with van der Waals surface area (Å²) in [5.74, 6) is 0. The van der Waals surface area contributed by atoms with E-state index in [1.807, 2.05) is 13.8 Å². The van der Waals surface area contributed by atoms with Crippen molar-refractivity contribution < 1.29 is 25.2 Å². The zero-order valence-electron chi connectivity index (χ0n) is 10.3. The van der Waals surface area contributed by atoms with Crippen molar-refractivity contribution in [1.82, 2.24) is 0 Å². The van der Waals surface area contributed by atoms with E-state index in [-0.39, 0.29) is 18.3 Å². The molecule has 0 bridgehead atoms. The molecule has 1 aliphatic heterocycles. The van der Waals surface area contributed by atoms with Gasteiger partial charge in [-0.15, -0.1) is 0 Å². The van der Waals surface area contributed by atoms with Gasteiger partial charge in [0.2, 0.25) is 0 Å². The molecule has 100 valence electrons. The number of hydrogen-bond acceptors (Lipinski definition) is 5. The van der Waals surface area contributed by atoms with E-state index in [2.05, 4.69) is 0 Å².